The Hall–Kier alpha value is -2.77. The van der Waals surface area contributed by atoms with Crippen molar-refractivity contribution >= 4 is 17.5 Å². The number of quaternary nitrogens is 1. The van der Waals surface area contributed by atoms with Crippen LogP contribution in [0.15, 0.2) is 42.5 Å². The molecule has 3 N–H and O–H groups in total. The van der Waals surface area contributed by atoms with Crippen LogP contribution in [0.25, 0.3) is 0 Å². The zero-order valence-corrected chi connectivity index (χ0v) is 17.2. The van der Waals surface area contributed by atoms with Gasteiger partial charge >= 0.3 is 0 Å². The molecule has 0 heterocycles. The van der Waals surface area contributed by atoms with E-state index < -0.39 is 0 Å². The molecule has 1 atom stereocenters. The van der Waals surface area contributed by atoms with E-state index in [0.717, 1.165) is 27.3 Å². The van der Waals surface area contributed by atoms with Crippen LogP contribution in [-0.2, 0) is 20.9 Å². The van der Waals surface area contributed by atoms with Gasteiger partial charge in [-0.3, -0.25) is 9.59 Å². The normalized spacial score (nSPS) is 11.7. The summed E-state index contributed by atoms with van der Waals surface area (Å²) in [7, 11) is 1.59. The molecule has 0 aliphatic rings. The van der Waals surface area contributed by atoms with Crippen LogP contribution in [0.3, 0.4) is 0 Å². The highest BCUT2D eigenvalue weighted by Crippen LogP contribution is 2.17. The average Bonchev–Trinajstić information content (AvgIpc) is 2.69. The minimum absolute atomic E-state index is 0.144. The fraction of sp³-hybridized carbons (Fsp3) is 0.364. The number of benzene rings is 2. The van der Waals surface area contributed by atoms with Crippen LogP contribution in [0.1, 0.15) is 16.7 Å². The summed E-state index contributed by atoms with van der Waals surface area (Å²) in [5, 5.41) is 5.74. The van der Waals surface area contributed by atoms with E-state index >= 15 is 0 Å². The van der Waals surface area contributed by atoms with E-state index in [1.807, 2.05) is 32.0 Å². The highest BCUT2D eigenvalue weighted by molar-refractivity contribution is 5.92. The molecule has 0 aliphatic carbocycles. The van der Waals surface area contributed by atoms with Crippen molar-refractivity contribution in [2.24, 2.45) is 0 Å². The molecular formula is C22H29FN3O3+. The predicted octanol–water partition coefficient (Wildman–Crippen LogP) is 1.23. The van der Waals surface area contributed by atoms with Gasteiger partial charge in [0.25, 0.3) is 11.8 Å². The molecule has 7 heteroatoms. The van der Waals surface area contributed by atoms with Crippen molar-refractivity contribution in [3.8, 4) is 0 Å². The fourth-order valence-electron chi connectivity index (χ4n) is 2.89. The van der Waals surface area contributed by atoms with E-state index in [1.165, 1.54) is 12.1 Å². The van der Waals surface area contributed by atoms with Crippen LogP contribution in [-0.4, -0.2) is 45.2 Å². The summed E-state index contributed by atoms with van der Waals surface area (Å²) in [6, 6.07) is 11.7. The van der Waals surface area contributed by atoms with E-state index in [4.69, 9.17) is 4.74 Å². The Morgan fingerprint density at radius 2 is 1.72 bits per heavy atom. The third-order valence-electron chi connectivity index (χ3n) is 4.76. The van der Waals surface area contributed by atoms with Gasteiger partial charge in [-0.15, -0.1) is 0 Å². The van der Waals surface area contributed by atoms with Gasteiger partial charge in [0.1, 0.15) is 12.4 Å². The first-order valence-electron chi connectivity index (χ1n) is 9.58. The maximum absolute atomic E-state index is 13.0. The number of nitrogens with one attached hydrogen (secondary N) is 3. The van der Waals surface area contributed by atoms with Gasteiger partial charge in [0.05, 0.1) is 6.61 Å². The fourth-order valence-corrected chi connectivity index (χ4v) is 2.89. The number of amides is 2. The smallest absolute Gasteiger partial charge is 0.279 e. The lowest BCUT2D eigenvalue weighted by molar-refractivity contribution is -0.884. The second-order valence-corrected chi connectivity index (χ2v) is 7.05. The number of hydrogen-bond acceptors (Lipinski definition) is 3. The maximum atomic E-state index is 13.0. The second-order valence-electron chi connectivity index (χ2n) is 7.05. The summed E-state index contributed by atoms with van der Waals surface area (Å²) in [6.45, 7) is 5.53. The molecule has 2 aromatic rings. The molecule has 2 amide bonds. The van der Waals surface area contributed by atoms with Gasteiger partial charge in [0.15, 0.2) is 13.1 Å². The van der Waals surface area contributed by atoms with Gasteiger partial charge in [-0.05, 0) is 48.7 Å². The molecular weight excluding hydrogens is 373 g/mol. The third kappa shape index (κ3) is 7.63. The number of carbonyl (C=O) groups excluding carboxylic acids is 2. The molecule has 0 bridgehead atoms. The lowest BCUT2D eigenvalue weighted by Gasteiger charge is -2.19. The van der Waals surface area contributed by atoms with Gasteiger partial charge in [0, 0.05) is 19.3 Å². The molecule has 0 spiro atoms. The van der Waals surface area contributed by atoms with Crippen molar-refractivity contribution in [2.75, 3.05) is 38.7 Å². The minimum atomic E-state index is -0.315. The Morgan fingerprint density at radius 3 is 2.41 bits per heavy atom. The highest BCUT2D eigenvalue weighted by Gasteiger charge is 2.18. The number of ether oxygens (including phenoxy) is 1. The quantitative estimate of drug-likeness (QED) is 0.560. The van der Waals surface area contributed by atoms with Crippen LogP contribution >= 0.6 is 0 Å². The molecule has 0 aliphatic heterocycles. The molecule has 0 saturated heterocycles. The SMILES string of the molecule is COCC[NH+](CC(=O)NCc1ccc(F)cc1)CC(=O)Nc1cccc(C)c1C. The Balaban J connectivity index is 1.89. The molecule has 0 aromatic heterocycles. The third-order valence-corrected chi connectivity index (χ3v) is 4.76. The average molecular weight is 402 g/mol. The first kappa shape index (κ1) is 22.5. The van der Waals surface area contributed by atoms with Crippen molar-refractivity contribution in [1.29, 1.82) is 0 Å². The number of aryl methyl sites for hydroxylation is 1. The van der Waals surface area contributed by atoms with Crippen LogP contribution in [0.5, 0.6) is 0 Å². The van der Waals surface area contributed by atoms with Crippen molar-refractivity contribution in [3.63, 3.8) is 0 Å². The molecule has 2 aromatic carbocycles. The van der Waals surface area contributed by atoms with E-state index in [0.29, 0.717) is 19.7 Å². The zero-order valence-electron chi connectivity index (χ0n) is 17.2. The minimum Gasteiger partial charge on any atom is -0.379 e. The number of anilines is 1. The topological polar surface area (TPSA) is 71.9 Å². The summed E-state index contributed by atoms with van der Waals surface area (Å²) < 4.78 is 18.1. The summed E-state index contributed by atoms with van der Waals surface area (Å²) in [4.78, 5) is 25.6. The Bertz CT molecular complexity index is 825. The van der Waals surface area contributed by atoms with Gasteiger partial charge in [0.2, 0.25) is 0 Å². The van der Waals surface area contributed by atoms with Crippen LogP contribution < -0.4 is 15.5 Å². The standard InChI is InChI=1S/C22H28FN3O3/c1-16-5-4-6-20(17(16)2)25-22(28)15-26(11-12-29-3)14-21(27)24-13-18-7-9-19(23)10-8-18/h4-10H,11-15H2,1-3H3,(H,24,27)(H,25,28)/p+1. The maximum Gasteiger partial charge on any atom is 0.279 e. The lowest BCUT2D eigenvalue weighted by Crippen LogP contribution is -3.14. The monoisotopic (exact) mass is 402 g/mol. The van der Waals surface area contributed by atoms with Crippen molar-refractivity contribution < 1.29 is 23.6 Å². The van der Waals surface area contributed by atoms with Gasteiger partial charge in [-0.1, -0.05) is 24.3 Å². The molecule has 0 saturated carbocycles. The summed E-state index contributed by atoms with van der Waals surface area (Å²) in [5.74, 6) is -0.652. The number of carbonyl (C=O) groups is 2. The lowest BCUT2D eigenvalue weighted by atomic mass is 10.1. The zero-order chi connectivity index (χ0) is 21.2. The van der Waals surface area contributed by atoms with E-state index in [2.05, 4.69) is 10.6 Å². The van der Waals surface area contributed by atoms with Crippen molar-refractivity contribution in [3.05, 3.63) is 65.0 Å². The van der Waals surface area contributed by atoms with Crippen molar-refractivity contribution in [1.82, 2.24) is 5.32 Å². The number of rotatable bonds is 10. The van der Waals surface area contributed by atoms with Crippen LogP contribution in [0.2, 0.25) is 0 Å². The molecule has 29 heavy (non-hydrogen) atoms. The van der Waals surface area contributed by atoms with Crippen LogP contribution in [0, 0.1) is 19.7 Å². The number of hydrogen-bond donors (Lipinski definition) is 3. The molecule has 2 rings (SSSR count). The van der Waals surface area contributed by atoms with Crippen molar-refractivity contribution in [2.45, 2.75) is 20.4 Å². The van der Waals surface area contributed by atoms with E-state index in [1.54, 1.807) is 19.2 Å². The number of halogens is 1. The largest absolute Gasteiger partial charge is 0.379 e. The molecule has 0 fully saturated rings. The second kappa shape index (κ2) is 11.3. The summed E-state index contributed by atoms with van der Waals surface area (Å²) in [6.07, 6.45) is 0. The Morgan fingerprint density at radius 1 is 1.03 bits per heavy atom. The van der Waals surface area contributed by atoms with Gasteiger partial charge < -0.3 is 20.3 Å². The Labute approximate surface area is 171 Å². The van der Waals surface area contributed by atoms with E-state index in [-0.39, 0.29) is 30.7 Å². The summed E-state index contributed by atoms with van der Waals surface area (Å²) in [5.41, 5.74) is 3.72. The van der Waals surface area contributed by atoms with Crippen LogP contribution in [0.4, 0.5) is 10.1 Å². The number of methoxy groups -OCH3 is 1. The predicted molar refractivity (Wildman–Crippen MR) is 110 cm³/mol. The van der Waals surface area contributed by atoms with E-state index in [9.17, 15) is 14.0 Å². The highest BCUT2D eigenvalue weighted by atomic mass is 19.1. The molecule has 0 radical (unpaired) electrons. The first-order valence-corrected chi connectivity index (χ1v) is 9.58. The van der Waals surface area contributed by atoms with Gasteiger partial charge in [-0.25, -0.2) is 4.39 Å². The summed E-state index contributed by atoms with van der Waals surface area (Å²) >= 11 is 0. The molecule has 1 unspecified atom stereocenters. The molecule has 156 valence electrons. The first-order chi connectivity index (χ1) is 13.9. The Kier molecular flexibility index (Phi) is 8.76. The molecule has 6 nitrogen and oxygen atoms in total. The van der Waals surface area contributed by atoms with Gasteiger partial charge in [-0.2, -0.15) is 0 Å².